The van der Waals surface area contributed by atoms with Gasteiger partial charge in [0.1, 0.15) is 6.61 Å². The predicted octanol–water partition coefficient (Wildman–Crippen LogP) is 1.71. The Bertz CT molecular complexity index is 228. The molecule has 16 heavy (non-hydrogen) atoms. The van der Waals surface area contributed by atoms with E-state index in [1.165, 1.54) is 7.11 Å². The van der Waals surface area contributed by atoms with Gasteiger partial charge in [-0.05, 0) is 12.3 Å². The van der Waals surface area contributed by atoms with Crippen LogP contribution in [-0.2, 0) is 14.3 Å². The van der Waals surface area contributed by atoms with E-state index in [-0.39, 0.29) is 18.6 Å². The standard InChI is InChI=1S/C11H21NO4/c1-5-10(13)16-7-9(6-8(2)3)12-11(14)15-4/h8-9H,5-7H2,1-4H3,(H,12,14)/t9-/m1/s1. The van der Waals surface area contributed by atoms with E-state index in [0.29, 0.717) is 12.3 Å². The van der Waals surface area contributed by atoms with Crippen LogP contribution in [0.25, 0.3) is 0 Å². The molecule has 0 bridgehead atoms. The number of amides is 1. The molecule has 1 amide bonds. The molecule has 1 atom stereocenters. The molecule has 0 spiro atoms. The molecule has 0 rings (SSSR count). The number of rotatable bonds is 6. The van der Waals surface area contributed by atoms with Gasteiger partial charge < -0.3 is 14.8 Å². The zero-order valence-electron chi connectivity index (χ0n) is 10.4. The van der Waals surface area contributed by atoms with Crippen molar-refractivity contribution in [2.75, 3.05) is 13.7 Å². The summed E-state index contributed by atoms with van der Waals surface area (Å²) < 4.78 is 9.50. The molecule has 94 valence electrons. The number of alkyl carbamates (subject to hydrolysis) is 1. The maximum Gasteiger partial charge on any atom is 0.407 e. The van der Waals surface area contributed by atoms with Crippen molar-refractivity contribution < 1.29 is 19.1 Å². The number of esters is 1. The molecule has 0 unspecified atom stereocenters. The van der Waals surface area contributed by atoms with Crippen molar-refractivity contribution in [1.29, 1.82) is 0 Å². The molecular weight excluding hydrogens is 210 g/mol. The summed E-state index contributed by atoms with van der Waals surface area (Å²) in [6, 6.07) is -0.192. The van der Waals surface area contributed by atoms with Crippen molar-refractivity contribution in [3.8, 4) is 0 Å². The van der Waals surface area contributed by atoms with Gasteiger partial charge in [-0.25, -0.2) is 4.79 Å². The number of ether oxygens (including phenoxy) is 2. The summed E-state index contributed by atoms with van der Waals surface area (Å²) in [4.78, 5) is 22.0. The molecule has 0 radical (unpaired) electrons. The quantitative estimate of drug-likeness (QED) is 0.707. The van der Waals surface area contributed by atoms with Gasteiger partial charge in [0, 0.05) is 6.42 Å². The van der Waals surface area contributed by atoms with Gasteiger partial charge in [0.25, 0.3) is 0 Å². The van der Waals surface area contributed by atoms with E-state index in [0.717, 1.165) is 6.42 Å². The van der Waals surface area contributed by atoms with Crippen LogP contribution in [0.5, 0.6) is 0 Å². The van der Waals surface area contributed by atoms with E-state index in [2.05, 4.69) is 10.1 Å². The average Bonchev–Trinajstić information content (AvgIpc) is 2.24. The first kappa shape index (κ1) is 14.7. The maximum absolute atomic E-state index is 11.0. The van der Waals surface area contributed by atoms with E-state index in [1.807, 2.05) is 13.8 Å². The molecule has 0 aliphatic rings. The highest BCUT2D eigenvalue weighted by Crippen LogP contribution is 2.06. The average molecular weight is 231 g/mol. The molecule has 0 saturated carbocycles. The Morgan fingerprint density at radius 2 is 1.94 bits per heavy atom. The predicted molar refractivity (Wildman–Crippen MR) is 60.0 cm³/mol. The number of methoxy groups -OCH3 is 1. The Labute approximate surface area is 96.5 Å². The second kappa shape index (κ2) is 7.96. The smallest absolute Gasteiger partial charge is 0.407 e. The Hall–Kier alpha value is -1.26. The fourth-order valence-corrected chi connectivity index (χ4v) is 1.26. The Morgan fingerprint density at radius 3 is 2.38 bits per heavy atom. The van der Waals surface area contributed by atoms with Crippen LogP contribution in [0.1, 0.15) is 33.6 Å². The van der Waals surface area contributed by atoms with Crippen LogP contribution in [0.4, 0.5) is 4.79 Å². The normalized spacial score (nSPS) is 12.1. The molecule has 0 aromatic carbocycles. The van der Waals surface area contributed by atoms with Crippen LogP contribution >= 0.6 is 0 Å². The lowest BCUT2D eigenvalue weighted by atomic mass is 10.0. The molecule has 0 aromatic heterocycles. The minimum Gasteiger partial charge on any atom is -0.463 e. The molecule has 1 N–H and O–H groups in total. The number of hydrogen-bond acceptors (Lipinski definition) is 4. The largest absolute Gasteiger partial charge is 0.463 e. The van der Waals surface area contributed by atoms with Crippen molar-refractivity contribution in [2.24, 2.45) is 5.92 Å². The Morgan fingerprint density at radius 1 is 1.31 bits per heavy atom. The second-order valence-electron chi connectivity index (χ2n) is 4.00. The lowest BCUT2D eigenvalue weighted by Crippen LogP contribution is -2.39. The second-order valence-corrected chi connectivity index (χ2v) is 4.00. The molecule has 0 aliphatic carbocycles. The number of hydrogen-bond donors (Lipinski definition) is 1. The van der Waals surface area contributed by atoms with Gasteiger partial charge in [-0.3, -0.25) is 4.79 Å². The zero-order chi connectivity index (χ0) is 12.6. The first-order valence-corrected chi connectivity index (χ1v) is 5.49. The molecule has 0 aromatic rings. The third-order valence-corrected chi connectivity index (χ3v) is 2.00. The van der Waals surface area contributed by atoms with E-state index in [1.54, 1.807) is 6.92 Å². The molecular formula is C11H21NO4. The monoisotopic (exact) mass is 231 g/mol. The van der Waals surface area contributed by atoms with Crippen molar-refractivity contribution in [3.05, 3.63) is 0 Å². The SMILES string of the molecule is CCC(=O)OC[C@@H](CC(C)C)NC(=O)OC. The van der Waals surface area contributed by atoms with Gasteiger partial charge in [0.15, 0.2) is 0 Å². The fraction of sp³-hybridized carbons (Fsp3) is 0.818. The van der Waals surface area contributed by atoms with E-state index >= 15 is 0 Å². The van der Waals surface area contributed by atoms with Gasteiger partial charge in [0.05, 0.1) is 13.2 Å². The summed E-state index contributed by atoms with van der Waals surface area (Å²) in [7, 11) is 1.31. The minimum absolute atomic E-state index is 0.192. The van der Waals surface area contributed by atoms with Crippen LogP contribution in [0.3, 0.4) is 0 Å². The summed E-state index contributed by atoms with van der Waals surface area (Å²) in [6.07, 6.45) is 0.580. The minimum atomic E-state index is -0.502. The lowest BCUT2D eigenvalue weighted by molar-refractivity contribution is -0.144. The van der Waals surface area contributed by atoms with E-state index in [4.69, 9.17) is 4.74 Å². The Balaban J connectivity index is 4.09. The summed E-state index contributed by atoms with van der Waals surface area (Å²) in [5, 5.41) is 2.64. The van der Waals surface area contributed by atoms with Gasteiger partial charge in [-0.2, -0.15) is 0 Å². The third-order valence-electron chi connectivity index (χ3n) is 2.00. The van der Waals surface area contributed by atoms with E-state index < -0.39 is 6.09 Å². The molecule has 0 saturated heterocycles. The van der Waals surface area contributed by atoms with Crippen LogP contribution in [0.2, 0.25) is 0 Å². The first-order valence-electron chi connectivity index (χ1n) is 5.49. The van der Waals surface area contributed by atoms with Gasteiger partial charge in [0.2, 0.25) is 0 Å². The van der Waals surface area contributed by atoms with Crippen molar-refractivity contribution >= 4 is 12.1 Å². The zero-order valence-corrected chi connectivity index (χ0v) is 10.4. The fourth-order valence-electron chi connectivity index (χ4n) is 1.26. The van der Waals surface area contributed by atoms with Crippen LogP contribution < -0.4 is 5.32 Å². The van der Waals surface area contributed by atoms with Gasteiger partial charge in [-0.15, -0.1) is 0 Å². The highest BCUT2D eigenvalue weighted by Gasteiger charge is 2.15. The van der Waals surface area contributed by atoms with Crippen molar-refractivity contribution in [2.45, 2.75) is 39.7 Å². The van der Waals surface area contributed by atoms with E-state index in [9.17, 15) is 9.59 Å². The maximum atomic E-state index is 11.0. The molecule has 0 fully saturated rings. The van der Waals surface area contributed by atoms with Gasteiger partial charge in [-0.1, -0.05) is 20.8 Å². The number of carbonyl (C=O) groups excluding carboxylic acids is 2. The summed E-state index contributed by atoms with van der Waals surface area (Å²) >= 11 is 0. The number of nitrogens with one attached hydrogen (secondary N) is 1. The topological polar surface area (TPSA) is 64.6 Å². The third kappa shape index (κ3) is 7.09. The molecule has 0 aliphatic heterocycles. The Kier molecular flexibility index (Phi) is 7.33. The summed E-state index contributed by atoms with van der Waals surface area (Å²) in [5.74, 6) is 0.142. The molecule has 5 nitrogen and oxygen atoms in total. The van der Waals surface area contributed by atoms with Crippen molar-refractivity contribution in [3.63, 3.8) is 0 Å². The summed E-state index contributed by atoms with van der Waals surface area (Å²) in [6.45, 7) is 5.99. The highest BCUT2D eigenvalue weighted by molar-refractivity contribution is 5.69. The number of carbonyl (C=O) groups is 2. The molecule has 5 heteroatoms. The van der Waals surface area contributed by atoms with Crippen LogP contribution in [0, 0.1) is 5.92 Å². The summed E-state index contributed by atoms with van der Waals surface area (Å²) in [5.41, 5.74) is 0. The van der Waals surface area contributed by atoms with Crippen molar-refractivity contribution in [1.82, 2.24) is 5.32 Å². The van der Waals surface area contributed by atoms with Crippen LogP contribution in [-0.4, -0.2) is 31.8 Å². The van der Waals surface area contributed by atoms with Crippen LogP contribution in [0.15, 0.2) is 0 Å². The highest BCUT2D eigenvalue weighted by atomic mass is 16.5. The van der Waals surface area contributed by atoms with Gasteiger partial charge >= 0.3 is 12.1 Å². The lowest BCUT2D eigenvalue weighted by Gasteiger charge is -2.19. The molecule has 0 heterocycles. The first-order chi connectivity index (χ1) is 7.49.